The first kappa shape index (κ1) is 19.6. The zero-order valence-electron chi connectivity index (χ0n) is 17.5. The van der Waals surface area contributed by atoms with Gasteiger partial charge in [-0.2, -0.15) is 0 Å². The van der Waals surface area contributed by atoms with Crippen molar-refractivity contribution in [1.82, 2.24) is 4.90 Å². The molecule has 5 rings (SSSR count). The van der Waals surface area contributed by atoms with Crippen molar-refractivity contribution in [3.8, 4) is 0 Å². The Morgan fingerprint density at radius 1 is 1.07 bits per heavy atom. The molecule has 30 heavy (non-hydrogen) atoms. The smallest absolute Gasteiger partial charge is 0.264 e. The number of para-hydroxylation sites is 1. The van der Waals surface area contributed by atoms with E-state index in [9.17, 15) is 13.2 Å². The van der Waals surface area contributed by atoms with Gasteiger partial charge >= 0.3 is 0 Å². The Labute approximate surface area is 178 Å². The van der Waals surface area contributed by atoms with Gasteiger partial charge in [0.1, 0.15) is 0 Å². The third kappa shape index (κ3) is 3.31. The fourth-order valence-electron chi connectivity index (χ4n) is 4.80. The van der Waals surface area contributed by atoms with Crippen LogP contribution in [0.15, 0.2) is 53.4 Å². The summed E-state index contributed by atoms with van der Waals surface area (Å²) in [6.07, 6.45) is 5.14. The Balaban J connectivity index is 1.48. The molecule has 2 fully saturated rings. The Kier molecular flexibility index (Phi) is 4.65. The number of rotatable bonds is 6. The van der Waals surface area contributed by atoms with Crippen molar-refractivity contribution in [1.29, 1.82) is 0 Å². The fourth-order valence-corrected chi connectivity index (χ4v) is 6.54. The zero-order valence-corrected chi connectivity index (χ0v) is 18.3. The maximum Gasteiger partial charge on any atom is 0.264 e. The summed E-state index contributed by atoms with van der Waals surface area (Å²) in [5, 5.41) is 0. The molecular formula is C24H28N2O3S. The van der Waals surface area contributed by atoms with Crippen LogP contribution in [0.5, 0.6) is 0 Å². The molecule has 0 spiro atoms. The zero-order chi connectivity index (χ0) is 21.0. The number of hydrogen-bond acceptors (Lipinski definition) is 3. The van der Waals surface area contributed by atoms with E-state index in [1.165, 1.54) is 17.1 Å². The number of hydrogen-bond donors (Lipinski definition) is 0. The number of anilines is 1. The molecule has 0 saturated heterocycles. The van der Waals surface area contributed by atoms with Gasteiger partial charge in [0, 0.05) is 23.7 Å². The molecule has 2 atom stereocenters. The average Bonchev–Trinajstić information content (AvgIpc) is 3.64. The van der Waals surface area contributed by atoms with Crippen molar-refractivity contribution in [2.75, 3.05) is 4.31 Å². The highest BCUT2D eigenvalue weighted by atomic mass is 32.2. The molecule has 3 aliphatic rings. The lowest BCUT2D eigenvalue weighted by Crippen LogP contribution is -2.41. The number of benzene rings is 2. The Bertz CT molecular complexity index is 1090. The van der Waals surface area contributed by atoms with E-state index in [1.807, 2.05) is 36.1 Å². The van der Waals surface area contributed by atoms with E-state index in [4.69, 9.17) is 0 Å². The van der Waals surface area contributed by atoms with Crippen LogP contribution in [0.3, 0.4) is 0 Å². The van der Waals surface area contributed by atoms with Gasteiger partial charge in [0.2, 0.25) is 0 Å². The molecule has 1 aliphatic heterocycles. The van der Waals surface area contributed by atoms with Gasteiger partial charge in [0.15, 0.2) is 0 Å². The van der Waals surface area contributed by atoms with Crippen LogP contribution in [0.1, 0.15) is 55.5 Å². The Hall–Kier alpha value is -2.34. The van der Waals surface area contributed by atoms with Gasteiger partial charge in [-0.15, -0.1) is 0 Å². The normalized spacial score (nSPS) is 21.9. The highest BCUT2D eigenvalue weighted by molar-refractivity contribution is 7.92. The molecular weight excluding hydrogens is 396 g/mol. The van der Waals surface area contributed by atoms with Crippen LogP contribution in [0.25, 0.3) is 0 Å². The predicted molar refractivity (Wildman–Crippen MR) is 117 cm³/mol. The van der Waals surface area contributed by atoms with Crippen molar-refractivity contribution in [2.45, 2.75) is 69.0 Å². The topological polar surface area (TPSA) is 57.7 Å². The Morgan fingerprint density at radius 2 is 1.80 bits per heavy atom. The highest BCUT2D eigenvalue weighted by Gasteiger charge is 2.42. The predicted octanol–water partition coefficient (Wildman–Crippen LogP) is 4.23. The van der Waals surface area contributed by atoms with Gasteiger partial charge < -0.3 is 4.90 Å². The minimum absolute atomic E-state index is 0.0381. The molecule has 2 saturated carbocycles. The van der Waals surface area contributed by atoms with Crippen molar-refractivity contribution >= 4 is 21.6 Å². The number of fused-ring (bicyclic) bond motifs is 1. The Morgan fingerprint density at radius 3 is 2.50 bits per heavy atom. The van der Waals surface area contributed by atoms with E-state index in [1.54, 1.807) is 24.3 Å². The van der Waals surface area contributed by atoms with Gasteiger partial charge in [0.05, 0.1) is 10.6 Å². The maximum absolute atomic E-state index is 13.6. The van der Waals surface area contributed by atoms with Crippen molar-refractivity contribution in [3.05, 3.63) is 59.7 Å². The van der Waals surface area contributed by atoms with Crippen LogP contribution >= 0.6 is 0 Å². The summed E-state index contributed by atoms with van der Waals surface area (Å²) >= 11 is 0. The van der Waals surface area contributed by atoms with Crippen molar-refractivity contribution in [3.63, 3.8) is 0 Å². The van der Waals surface area contributed by atoms with Crippen LogP contribution in [0, 0.1) is 5.92 Å². The second-order valence-corrected chi connectivity index (χ2v) is 10.8. The van der Waals surface area contributed by atoms with E-state index < -0.39 is 10.0 Å². The molecule has 0 bridgehead atoms. The standard InChI is InChI=1S/C24H28N2O3S/c1-16-14-19-6-3-4-9-23(19)26(16)30(28,29)22-8-5-7-20(15-22)24(27)25(21-12-13-21)17(2)18-10-11-18/h3-9,15-18,21H,10-14H2,1-2H3. The maximum atomic E-state index is 13.6. The largest absolute Gasteiger partial charge is 0.333 e. The summed E-state index contributed by atoms with van der Waals surface area (Å²) in [5.41, 5.74) is 2.25. The summed E-state index contributed by atoms with van der Waals surface area (Å²) < 4.78 is 28.6. The number of carbonyl (C=O) groups is 1. The molecule has 1 amide bonds. The van der Waals surface area contributed by atoms with Gasteiger partial charge in [-0.25, -0.2) is 8.42 Å². The third-order valence-electron chi connectivity index (χ3n) is 6.70. The van der Waals surface area contributed by atoms with Crippen LogP contribution in [0.2, 0.25) is 0 Å². The first-order valence-electron chi connectivity index (χ1n) is 10.9. The molecule has 2 unspecified atom stereocenters. The second kappa shape index (κ2) is 7.12. The molecule has 0 aromatic heterocycles. The average molecular weight is 425 g/mol. The van der Waals surface area contributed by atoms with Crippen LogP contribution in [-0.2, 0) is 16.4 Å². The number of sulfonamides is 1. The fraction of sp³-hybridized carbons (Fsp3) is 0.458. The summed E-state index contributed by atoms with van der Waals surface area (Å²) in [6.45, 7) is 4.07. The number of nitrogens with zero attached hydrogens (tertiary/aromatic N) is 2. The minimum Gasteiger partial charge on any atom is -0.333 e. The van der Waals surface area contributed by atoms with Crippen LogP contribution in [-0.4, -0.2) is 37.4 Å². The molecule has 2 aromatic rings. The molecule has 1 heterocycles. The monoisotopic (exact) mass is 424 g/mol. The van der Waals surface area contributed by atoms with E-state index in [-0.39, 0.29) is 22.9 Å². The second-order valence-electron chi connectivity index (χ2n) is 9.03. The SMILES string of the molecule is CC(C1CC1)N(C(=O)c1cccc(S(=O)(=O)N2c3ccccc3CC2C)c1)C1CC1. The molecule has 6 heteroatoms. The van der Waals surface area contributed by atoms with E-state index in [2.05, 4.69) is 6.92 Å². The van der Waals surface area contributed by atoms with Gasteiger partial charge in [-0.3, -0.25) is 9.10 Å². The van der Waals surface area contributed by atoms with Gasteiger partial charge in [-0.1, -0.05) is 24.3 Å². The van der Waals surface area contributed by atoms with Crippen LogP contribution < -0.4 is 4.31 Å². The van der Waals surface area contributed by atoms with E-state index in [0.717, 1.165) is 24.1 Å². The number of carbonyl (C=O) groups excluding carboxylic acids is 1. The lowest BCUT2D eigenvalue weighted by molar-refractivity contribution is 0.0654. The van der Waals surface area contributed by atoms with E-state index >= 15 is 0 Å². The highest BCUT2D eigenvalue weighted by Crippen LogP contribution is 2.41. The van der Waals surface area contributed by atoms with Crippen LogP contribution in [0.4, 0.5) is 5.69 Å². The van der Waals surface area contributed by atoms with Gasteiger partial charge in [0.25, 0.3) is 15.9 Å². The minimum atomic E-state index is -3.75. The van der Waals surface area contributed by atoms with E-state index in [0.29, 0.717) is 23.9 Å². The summed E-state index contributed by atoms with van der Waals surface area (Å²) in [4.78, 5) is 15.6. The molecule has 5 nitrogen and oxygen atoms in total. The summed E-state index contributed by atoms with van der Waals surface area (Å²) in [5.74, 6) is 0.548. The first-order chi connectivity index (χ1) is 14.4. The quantitative estimate of drug-likeness (QED) is 0.697. The van der Waals surface area contributed by atoms with Crippen molar-refractivity contribution < 1.29 is 13.2 Å². The lowest BCUT2D eigenvalue weighted by Gasteiger charge is -2.30. The molecule has 2 aliphatic carbocycles. The molecule has 2 aromatic carbocycles. The number of amides is 1. The first-order valence-corrected chi connectivity index (χ1v) is 12.4. The van der Waals surface area contributed by atoms with Gasteiger partial charge in [-0.05, 0) is 81.7 Å². The summed E-state index contributed by atoms with van der Waals surface area (Å²) in [6, 6.07) is 14.6. The third-order valence-corrected chi connectivity index (χ3v) is 8.62. The van der Waals surface area contributed by atoms with Crippen molar-refractivity contribution in [2.24, 2.45) is 5.92 Å². The molecule has 0 radical (unpaired) electrons. The molecule has 0 N–H and O–H groups in total. The summed E-state index contributed by atoms with van der Waals surface area (Å²) in [7, 11) is -3.75. The molecule has 158 valence electrons. The lowest BCUT2D eigenvalue weighted by atomic mass is 10.1.